The van der Waals surface area contributed by atoms with Crippen molar-refractivity contribution in [2.24, 2.45) is 4.99 Å². The van der Waals surface area contributed by atoms with E-state index in [1.54, 1.807) is 0 Å². The van der Waals surface area contributed by atoms with Gasteiger partial charge in [0.15, 0.2) is 5.96 Å². The van der Waals surface area contributed by atoms with Crippen molar-refractivity contribution >= 4 is 21.9 Å². The van der Waals surface area contributed by atoms with Crippen molar-refractivity contribution in [3.8, 4) is 0 Å². The van der Waals surface area contributed by atoms with Gasteiger partial charge in [-0.1, -0.05) is 28.1 Å². The van der Waals surface area contributed by atoms with Crippen molar-refractivity contribution in [2.45, 2.75) is 57.7 Å². The summed E-state index contributed by atoms with van der Waals surface area (Å²) in [5.41, 5.74) is 1.39. The zero-order valence-electron chi connectivity index (χ0n) is 15.2. The highest BCUT2D eigenvalue weighted by Crippen LogP contribution is 2.41. The van der Waals surface area contributed by atoms with E-state index in [0.29, 0.717) is 18.0 Å². The fraction of sp³-hybridized carbons (Fsp3) is 0.526. The zero-order chi connectivity index (χ0) is 18.1. The van der Waals surface area contributed by atoms with Crippen molar-refractivity contribution < 1.29 is 0 Å². The quantitative estimate of drug-likeness (QED) is 0.593. The van der Waals surface area contributed by atoms with Crippen LogP contribution in [-0.4, -0.2) is 39.4 Å². The summed E-state index contributed by atoms with van der Waals surface area (Å²) in [4.78, 5) is 9.13. The molecule has 2 aliphatic rings. The third-order valence-electron chi connectivity index (χ3n) is 5.03. The van der Waals surface area contributed by atoms with Gasteiger partial charge in [-0.3, -0.25) is 4.99 Å². The largest absolute Gasteiger partial charge is 0.353 e. The number of hydrogen-bond donors (Lipinski definition) is 2. The number of guanidine groups is 1. The van der Waals surface area contributed by atoms with Crippen LogP contribution in [0.4, 0.5) is 0 Å². The minimum atomic E-state index is 0.339. The Morgan fingerprint density at radius 3 is 2.88 bits per heavy atom. The number of aromatic nitrogens is 3. The normalized spacial score (nSPS) is 24.9. The number of aliphatic imine (C=N–C) groups is 1. The molecule has 4 rings (SSSR count). The van der Waals surface area contributed by atoms with E-state index in [2.05, 4.69) is 72.8 Å². The summed E-state index contributed by atoms with van der Waals surface area (Å²) in [7, 11) is 0. The second-order valence-corrected chi connectivity index (χ2v) is 8.02. The molecule has 0 saturated heterocycles. The number of halogens is 1. The molecule has 1 aromatic carbocycles. The van der Waals surface area contributed by atoms with Gasteiger partial charge in [0.1, 0.15) is 11.6 Å². The number of aryl methyl sites for hydroxylation is 2. The zero-order valence-corrected chi connectivity index (χ0v) is 16.8. The first-order chi connectivity index (χ1) is 12.6. The molecule has 1 aromatic heterocycles. The minimum absolute atomic E-state index is 0.339. The smallest absolute Gasteiger partial charge is 0.191 e. The molecule has 1 saturated carbocycles. The molecule has 2 N–H and O–H groups in total. The maximum absolute atomic E-state index is 4.64. The molecule has 0 amide bonds. The van der Waals surface area contributed by atoms with Crippen LogP contribution < -0.4 is 10.6 Å². The summed E-state index contributed by atoms with van der Waals surface area (Å²) in [6, 6.07) is 9.44. The van der Waals surface area contributed by atoms with Crippen molar-refractivity contribution in [1.82, 2.24) is 25.4 Å². The lowest BCUT2D eigenvalue weighted by Gasteiger charge is -2.25. The molecule has 2 heterocycles. The summed E-state index contributed by atoms with van der Waals surface area (Å²) in [6.07, 6.45) is 3.18. The number of nitrogens with zero attached hydrogens (tertiary/aromatic N) is 4. The van der Waals surface area contributed by atoms with Crippen LogP contribution in [0.15, 0.2) is 33.7 Å². The Balaban J connectivity index is 1.35. The molecule has 0 radical (unpaired) electrons. The second-order valence-electron chi connectivity index (χ2n) is 7.10. The molecule has 3 atom stereocenters. The Hall–Kier alpha value is -1.89. The maximum Gasteiger partial charge on any atom is 0.191 e. The van der Waals surface area contributed by atoms with E-state index in [1.165, 1.54) is 5.56 Å². The number of fused-ring (bicyclic) bond motifs is 1. The molecule has 2 aromatic rings. The summed E-state index contributed by atoms with van der Waals surface area (Å²) >= 11 is 3.50. The minimum Gasteiger partial charge on any atom is -0.353 e. The molecule has 1 fully saturated rings. The molecule has 1 aliphatic heterocycles. The first-order valence-electron chi connectivity index (χ1n) is 9.35. The van der Waals surface area contributed by atoms with Gasteiger partial charge in [0.2, 0.25) is 0 Å². The molecule has 3 unspecified atom stereocenters. The van der Waals surface area contributed by atoms with Crippen LogP contribution in [0.2, 0.25) is 0 Å². The SMILES string of the molecule is CCN=C(NC1CCc2nc(C)nn2C1)NC1CC1c1ccc(Br)cc1. The number of nitrogens with one attached hydrogen (secondary N) is 2. The van der Waals surface area contributed by atoms with E-state index in [0.717, 1.165) is 54.4 Å². The lowest BCUT2D eigenvalue weighted by molar-refractivity contribution is 0.392. The molecule has 138 valence electrons. The average Bonchev–Trinajstić information content (AvgIpc) is 3.27. The Labute approximate surface area is 162 Å². The molecular weight excluding hydrogens is 392 g/mol. The van der Waals surface area contributed by atoms with Crippen molar-refractivity contribution in [3.05, 3.63) is 46.0 Å². The van der Waals surface area contributed by atoms with Gasteiger partial charge >= 0.3 is 0 Å². The third-order valence-corrected chi connectivity index (χ3v) is 5.56. The highest BCUT2D eigenvalue weighted by molar-refractivity contribution is 9.10. The number of benzene rings is 1. The Bertz CT molecular complexity index is 797. The van der Waals surface area contributed by atoms with E-state index in [-0.39, 0.29) is 0 Å². The van der Waals surface area contributed by atoms with Gasteiger partial charge in [0.25, 0.3) is 0 Å². The van der Waals surface area contributed by atoms with E-state index in [9.17, 15) is 0 Å². The van der Waals surface area contributed by atoms with Crippen LogP contribution in [0.1, 0.15) is 42.9 Å². The predicted octanol–water partition coefficient (Wildman–Crippen LogP) is 2.78. The van der Waals surface area contributed by atoms with E-state index >= 15 is 0 Å². The monoisotopic (exact) mass is 416 g/mol. The van der Waals surface area contributed by atoms with Gasteiger partial charge < -0.3 is 10.6 Å². The van der Waals surface area contributed by atoms with Crippen LogP contribution in [0, 0.1) is 6.92 Å². The molecule has 26 heavy (non-hydrogen) atoms. The molecular formula is C19H25BrN6. The lowest BCUT2D eigenvalue weighted by atomic mass is 10.1. The summed E-state index contributed by atoms with van der Waals surface area (Å²) in [5, 5.41) is 11.7. The number of rotatable bonds is 4. The maximum atomic E-state index is 4.64. The van der Waals surface area contributed by atoms with Crippen molar-refractivity contribution in [2.75, 3.05) is 6.54 Å². The predicted molar refractivity (Wildman–Crippen MR) is 106 cm³/mol. The van der Waals surface area contributed by atoms with Gasteiger partial charge in [-0.15, -0.1) is 0 Å². The van der Waals surface area contributed by atoms with E-state index in [4.69, 9.17) is 0 Å². The third kappa shape index (κ3) is 3.92. The van der Waals surface area contributed by atoms with Gasteiger partial charge in [-0.05, 0) is 44.4 Å². The fourth-order valence-corrected chi connectivity index (χ4v) is 3.91. The van der Waals surface area contributed by atoms with Gasteiger partial charge in [0.05, 0.1) is 6.54 Å². The summed E-state index contributed by atoms with van der Waals surface area (Å²) < 4.78 is 3.16. The molecule has 1 aliphatic carbocycles. The van der Waals surface area contributed by atoms with Crippen LogP contribution >= 0.6 is 15.9 Å². The summed E-state index contributed by atoms with van der Waals surface area (Å²) in [5.74, 6) is 3.45. The van der Waals surface area contributed by atoms with Gasteiger partial charge in [-0.2, -0.15) is 5.10 Å². The van der Waals surface area contributed by atoms with E-state index in [1.807, 2.05) is 11.6 Å². The topological polar surface area (TPSA) is 67.1 Å². The molecule has 7 heteroatoms. The highest BCUT2D eigenvalue weighted by atomic mass is 79.9. The summed E-state index contributed by atoms with van der Waals surface area (Å²) in [6.45, 7) is 5.64. The first kappa shape index (κ1) is 17.5. The molecule has 0 spiro atoms. The van der Waals surface area contributed by atoms with Crippen LogP contribution in [0.3, 0.4) is 0 Å². The molecule has 6 nitrogen and oxygen atoms in total. The Morgan fingerprint density at radius 2 is 2.12 bits per heavy atom. The molecule has 0 bridgehead atoms. The first-order valence-corrected chi connectivity index (χ1v) is 10.1. The Kier molecular flexibility index (Phi) is 4.98. The van der Waals surface area contributed by atoms with Crippen LogP contribution in [0.25, 0.3) is 0 Å². The number of hydrogen-bond acceptors (Lipinski definition) is 3. The van der Waals surface area contributed by atoms with Gasteiger partial charge in [-0.25, -0.2) is 9.67 Å². The fourth-order valence-electron chi connectivity index (χ4n) is 3.64. The highest BCUT2D eigenvalue weighted by Gasteiger charge is 2.39. The van der Waals surface area contributed by atoms with Crippen LogP contribution in [-0.2, 0) is 13.0 Å². The standard InChI is InChI=1S/C19H25BrN6/c1-3-21-19(23-15-8-9-18-22-12(2)25-26(18)11-15)24-17-10-16(17)13-4-6-14(20)7-5-13/h4-7,15-17H,3,8-11H2,1-2H3,(H2,21,23,24). The van der Waals surface area contributed by atoms with Crippen LogP contribution in [0.5, 0.6) is 0 Å². The average molecular weight is 417 g/mol. The van der Waals surface area contributed by atoms with E-state index < -0.39 is 0 Å². The second kappa shape index (κ2) is 7.39. The van der Waals surface area contributed by atoms with Crippen molar-refractivity contribution in [1.29, 1.82) is 0 Å². The van der Waals surface area contributed by atoms with Crippen molar-refractivity contribution in [3.63, 3.8) is 0 Å². The lowest BCUT2D eigenvalue weighted by Crippen LogP contribution is -2.48. The van der Waals surface area contributed by atoms with Gasteiger partial charge in [0, 0.05) is 35.4 Å². The Morgan fingerprint density at radius 1 is 1.31 bits per heavy atom.